The highest BCUT2D eigenvalue weighted by Crippen LogP contribution is 2.07. The lowest BCUT2D eigenvalue weighted by atomic mass is 10.3. The van der Waals surface area contributed by atoms with Crippen molar-refractivity contribution in [1.29, 1.82) is 0 Å². The van der Waals surface area contributed by atoms with Crippen LogP contribution in [-0.2, 0) is 0 Å². The van der Waals surface area contributed by atoms with Gasteiger partial charge in [0.15, 0.2) is 0 Å². The van der Waals surface area contributed by atoms with Crippen molar-refractivity contribution < 1.29 is 0 Å². The van der Waals surface area contributed by atoms with Crippen LogP contribution in [0.25, 0.3) is 0 Å². The second-order valence-corrected chi connectivity index (χ2v) is 3.34. The lowest BCUT2D eigenvalue weighted by Gasteiger charge is -2.01. The van der Waals surface area contributed by atoms with Crippen LogP contribution in [0.3, 0.4) is 0 Å². The minimum Gasteiger partial charge on any atom is -0.310 e. The molecule has 0 aromatic heterocycles. The molecule has 0 radical (unpaired) electrons. The summed E-state index contributed by atoms with van der Waals surface area (Å²) >= 11 is 0. The quantitative estimate of drug-likeness (QED) is 0.721. The first kappa shape index (κ1) is 10.7. The lowest BCUT2D eigenvalue weighted by molar-refractivity contribution is 0.634. The SMILES string of the molecule is CC(C)NCC=C=Nc1ccccc1. The van der Waals surface area contributed by atoms with Crippen molar-refractivity contribution in [3.05, 3.63) is 36.4 Å². The third kappa shape index (κ3) is 4.61. The summed E-state index contributed by atoms with van der Waals surface area (Å²) < 4.78 is 0. The molecule has 0 atom stereocenters. The minimum atomic E-state index is 0.504. The van der Waals surface area contributed by atoms with Crippen LogP contribution in [0.5, 0.6) is 0 Å². The van der Waals surface area contributed by atoms with Crippen LogP contribution in [0, 0.1) is 0 Å². The Morgan fingerprint density at radius 3 is 2.71 bits per heavy atom. The van der Waals surface area contributed by atoms with Crippen LogP contribution in [0.4, 0.5) is 5.69 Å². The number of rotatable bonds is 4. The maximum Gasteiger partial charge on any atom is 0.0729 e. The number of hydrogen-bond acceptors (Lipinski definition) is 2. The summed E-state index contributed by atoms with van der Waals surface area (Å²) in [4.78, 5) is 4.16. The summed E-state index contributed by atoms with van der Waals surface area (Å²) in [7, 11) is 0. The van der Waals surface area contributed by atoms with Gasteiger partial charge in [0.05, 0.1) is 5.69 Å². The number of aliphatic imine (C=N–C) groups is 1. The standard InChI is InChI=1S/C12H16N2/c1-11(2)13-9-6-10-14-12-7-4-3-5-8-12/h3-8,11,13H,9H2,1-2H3. The van der Waals surface area contributed by atoms with Crippen LogP contribution in [0.1, 0.15) is 13.8 Å². The summed E-state index contributed by atoms with van der Waals surface area (Å²) in [5.74, 6) is 2.89. The van der Waals surface area contributed by atoms with E-state index in [1.165, 1.54) is 0 Å². The van der Waals surface area contributed by atoms with Crippen molar-refractivity contribution in [3.63, 3.8) is 0 Å². The van der Waals surface area contributed by atoms with Gasteiger partial charge in [-0.25, -0.2) is 4.99 Å². The summed E-state index contributed by atoms with van der Waals surface area (Å²) in [6.07, 6.45) is 1.90. The molecule has 0 aliphatic carbocycles. The van der Waals surface area contributed by atoms with E-state index in [1.54, 1.807) is 0 Å². The van der Waals surface area contributed by atoms with Crippen molar-refractivity contribution >= 4 is 11.6 Å². The summed E-state index contributed by atoms with van der Waals surface area (Å²) in [6.45, 7) is 5.04. The van der Waals surface area contributed by atoms with Crippen molar-refractivity contribution in [2.75, 3.05) is 6.54 Å². The fourth-order valence-corrected chi connectivity index (χ4v) is 0.963. The van der Waals surface area contributed by atoms with E-state index < -0.39 is 0 Å². The Labute approximate surface area is 85.4 Å². The zero-order valence-corrected chi connectivity index (χ0v) is 8.70. The van der Waals surface area contributed by atoms with Gasteiger partial charge in [-0.3, -0.25) is 0 Å². The summed E-state index contributed by atoms with van der Waals surface area (Å²) in [5, 5.41) is 3.25. The first-order valence-electron chi connectivity index (χ1n) is 4.85. The molecule has 2 nitrogen and oxygen atoms in total. The Bertz CT molecular complexity index is 308. The predicted molar refractivity (Wildman–Crippen MR) is 61.2 cm³/mol. The Kier molecular flexibility index (Phi) is 4.70. The molecule has 0 saturated heterocycles. The van der Waals surface area contributed by atoms with E-state index in [9.17, 15) is 0 Å². The largest absolute Gasteiger partial charge is 0.310 e. The van der Waals surface area contributed by atoms with Gasteiger partial charge in [-0.2, -0.15) is 0 Å². The molecule has 1 aromatic carbocycles. The molecule has 1 rings (SSSR count). The van der Waals surface area contributed by atoms with Crippen LogP contribution < -0.4 is 5.32 Å². The molecule has 2 heteroatoms. The highest BCUT2D eigenvalue weighted by Gasteiger charge is 1.85. The maximum absolute atomic E-state index is 4.16. The van der Waals surface area contributed by atoms with Crippen molar-refractivity contribution in [2.45, 2.75) is 19.9 Å². The van der Waals surface area contributed by atoms with Crippen molar-refractivity contribution in [1.82, 2.24) is 5.32 Å². The molecular weight excluding hydrogens is 172 g/mol. The molecule has 0 unspecified atom stereocenters. The Balaban J connectivity index is 2.40. The molecule has 0 fully saturated rings. The fourth-order valence-electron chi connectivity index (χ4n) is 0.963. The predicted octanol–water partition coefficient (Wildman–Crippen LogP) is 2.54. The van der Waals surface area contributed by atoms with E-state index >= 15 is 0 Å². The zero-order chi connectivity index (χ0) is 10.2. The monoisotopic (exact) mass is 188 g/mol. The van der Waals surface area contributed by atoms with Gasteiger partial charge in [0, 0.05) is 12.6 Å². The highest BCUT2D eigenvalue weighted by molar-refractivity contribution is 5.58. The smallest absolute Gasteiger partial charge is 0.0729 e. The van der Waals surface area contributed by atoms with E-state index in [1.807, 2.05) is 36.4 Å². The third-order valence-corrected chi connectivity index (χ3v) is 1.67. The molecule has 0 aliphatic rings. The Hall–Kier alpha value is -1.37. The normalized spacial score (nSPS) is 9.64. The molecule has 1 aromatic rings. The van der Waals surface area contributed by atoms with Crippen LogP contribution >= 0.6 is 0 Å². The molecule has 0 bridgehead atoms. The molecule has 0 saturated carbocycles. The van der Waals surface area contributed by atoms with Gasteiger partial charge < -0.3 is 5.32 Å². The lowest BCUT2D eigenvalue weighted by Crippen LogP contribution is -2.22. The van der Waals surface area contributed by atoms with Gasteiger partial charge in [0.2, 0.25) is 0 Å². The second-order valence-electron chi connectivity index (χ2n) is 3.34. The first-order chi connectivity index (χ1) is 6.79. The van der Waals surface area contributed by atoms with Gasteiger partial charge >= 0.3 is 0 Å². The fraction of sp³-hybridized carbons (Fsp3) is 0.333. The van der Waals surface area contributed by atoms with E-state index in [-0.39, 0.29) is 0 Å². The topological polar surface area (TPSA) is 24.4 Å². The average Bonchev–Trinajstić information content (AvgIpc) is 2.18. The number of nitrogens with one attached hydrogen (secondary N) is 1. The zero-order valence-electron chi connectivity index (χ0n) is 8.70. The third-order valence-electron chi connectivity index (χ3n) is 1.67. The molecule has 0 heterocycles. The minimum absolute atomic E-state index is 0.504. The van der Waals surface area contributed by atoms with E-state index in [4.69, 9.17) is 0 Å². The van der Waals surface area contributed by atoms with Crippen LogP contribution in [-0.4, -0.2) is 18.5 Å². The van der Waals surface area contributed by atoms with E-state index in [0.717, 1.165) is 12.2 Å². The summed E-state index contributed by atoms with van der Waals surface area (Å²) in [5.41, 5.74) is 0.938. The van der Waals surface area contributed by atoms with E-state index in [2.05, 4.69) is 30.0 Å². The van der Waals surface area contributed by atoms with Gasteiger partial charge in [-0.1, -0.05) is 32.0 Å². The molecule has 1 N–H and O–H groups in total. The van der Waals surface area contributed by atoms with Crippen LogP contribution in [0.15, 0.2) is 41.4 Å². The number of benzene rings is 1. The van der Waals surface area contributed by atoms with Gasteiger partial charge in [-0.05, 0) is 24.1 Å². The number of hydrogen-bond donors (Lipinski definition) is 1. The van der Waals surface area contributed by atoms with Crippen molar-refractivity contribution in [2.24, 2.45) is 4.99 Å². The number of para-hydroxylation sites is 1. The maximum atomic E-state index is 4.16. The molecule has 0 spiro atoms. The molecular formula is C12H16N2. The molecule has 14 heavy (non-hydrogen) atoms. The van der Waals surface area contributed by atoms with Gasteiger partial charge in [-0.15, -0.1) is 0 Å². The Morgan fingerprint density at radius 1 is 1.36 bits per heavy atom. The molecule has 0 amide bonds. The Morgan fingerprint density at radius 2 is 2.07 bits per heavy atom. The highest BCUT2D eigenvalue weighted by atomic mass is 14.9. The second kappa shape index (κ2) is 6.14. The number of nitrogens with zero attached hydrogens (tertiary/aromatic N) is 1. The molecule has 0 aliphatic heterocycles. The van der Waals surface area contributed by atoms with E-state index in [0.29, 0.717) is 6.04 Å². The van der Waals surface area contributed by atoms with Gasteiger partial charge in [0.25, 0.3) is 0 Å². The van der Waals surface area contributed by atoms with Gasteiger partial charge in [0.1, 0.15) is 0 Å². The van der Waals surface area contributed by atoms with Crippen molar-refractivity contribution in [3.8, 4) is 0 Å². The molecule has 74 valence electrons. The first-order valence-corrected chi connectivity index (χ1v) is 4.85. The van der Waals surface area contributed by atoms with Crippen LogP contribution in [0.2, 0.25) is 0 Å². The average molecular weight is 188 g/mol. The summed E-state index contributed by atoms with van der Waals surface area (Å²) in [6, 6.07) is 10.3.